The van der Waals surface area contributed by atoms with Crippen molar-refractivity contribution in [1.29, 1.82) is 0 Å². The van der Waals surface area contributed by atoms with E-state index in [2.05, 4.69) is 163 Å². The van der Waals surface area contributed by atoms with Gasteiger partial charge in [0.05, 0.1) is 17.8 Å². The standard InChI is InChI=1S/C41H68O5Si3/c1-16-23-34(46-48(14,15)39(5,6)7)35-36(43-35)37-41(11,44-37)30-31(45-47(12,13)38(2,3)4)28-29-42-49(40(8,9)10,32-24-19-17-20-25-32)33-26-21-18-22-27-33/h16-22,24-27,31,34-37H,1,23,28-30H2,2-15H3/t31-,34+,35+,36-,37+,41+/m1/s1. The molecule has 0 unspecified atom stereocenters. The molecule has 8 heteroatoms. The van der Waals surface area contributed by atoms with Crippen molar-refractivity contribution in [2.75, 3.05) is 6.61 Å². The Morgan fingerprint density at radius 1 is 0.776 bits per heavy atom. The summed E-state index contributed by atoms with van der Waals surface area (Å²) in [6.45, 7) is 37.1. The monoisotopic (exact) mass is 724 g/mol. The van der Waals surface area contributed by atoms with Crippen LogP contribution in [0.15, 0.2) is 73.3 Å². The third-order valence-electron chi connectivity index (χ3n) is 11.9. The van der Waals surface area contributed by atoms with E-state index < -0.39 is 25.0 Å². The van der Waals surface area contributed by atoms with Crippen LogP contribution in [0.4, 0.5) is 0 Å². The number of rotatable bonds is 16. The first-order valence-corrected chi connectivity index (χ1v) is 26.3. The van der Waals surface area contributed by atoms with Crippen molar-refractivity contribution in [2.24, 2.45) is 0 Å². The molecule has 2 aliphatic rings. The van der Waals surface area contributed by atoms with Gasteiger partial charge in [0.15, 0.2) is 16.6 Å². The van der Waals surface area contributed by atoms with E-state index in [9.17, 15) is 0 Å². The second-order valence-corrected chi connectivity index (χ2v) is 32.7. The van der Waals surface area contributed by atoms with Crippen LogP contribution in [-0.4, -0.2) is 67.7 Å². The molecule has 0 aromatic heterocycles. The summed E-state index contributed by atoms with van der Waals surface area (Å²) in [7, 11) is -6.70. The summed E-state index contributed by atoms with van der Waals surface area (Å²) in [4.78, 5) is 0. The van der Waals surface area contributed by atoms with Crippen LogP contribution in [0.3, 0.4) is 0 Å². The zero-order valence-electron chi connectivity index (χ0n) is 33.3. The fourth-order valence-electron chi connectivity index (χ4n) is 6.84. The zero-order valence-corrected chi connectivity index (χ0v) is 36.3. The highest BCUT2D eigenvalue weighted by Gasteiger charge is 2.67. The van der Waals surface area contributed by atoms with Gasteiger partial charge in [-0.15, -0.1) is 6.58 Å². The van der Waals surface area contributed by atoms with Gasteiger partial charge < -0.3 is 22.8 Å². The lowest BCUT2D eigenvalue weighted by Crippen LogP contribution is -2.66. The molecule has 0 amide bonds. The Bertz CT molecular complexity index is 1340. The minimum absolute atomic E-state index is 0.0102. The van der Waals surface area contributed by atoms with Crippen molar-refractivity contribution in [3.8, 4) is 0 Å². The highest BCUT2D eigenvalue weighted by Crippen LogP contribution is 2.52. The normalized spacial score (nSPS) is 24.7. The van der Waals surface area contributed by atoms with E-state index in [0.717, 1.165) is 19.3 Å². The van der Waals surface area contributed by atoms with Crippen LogP contribution in [-0.2, 0) is 22.8 Å². The van der Waals surface area contributed by atoms with Gasteiger partial charge in [-0.3, -0.25) is 0 Å². The largest absolute Gasteiger partial charge is 0.414 e. The topological polar surface area (TPSA) is 52.8 Å². The lowest BCUT2D eigenvalue weighted by Gasteiger charge is -2.44. The summed E-state index contributed by atoms with van der Waals surface area (Å²) in [5.41, 5.74) is -0.306. The van der Waals surface area contributed by atoms with Crippen molar-refractivity contribution < 1.29 is 22.8 Å². The molecule has 5 nitrogen and oxygen atoms in total. The Kier molecular flexibility index (Phi) is 12.0. The number of ether oxygens (including phenoxy) is 2. The Morgan fingerprint density at radius 2 is 1.27 bits per heavy atom. The first kappa shape index (κ1) is 40.4. The van der Waals surface area contributed by atoms with Crippen LogP contribution in [0, 0.1) is 0 Å². The molecule has 2 aliphatic heterocycles. The van der Waals surface area contributed by atoms with Gasteiger partial charge in [0.2, 0.25) is 0 Å². The summed E-state index contributed by atoms with van der Waals surface area (Å²) < 4.78 is 34.4. The molecule has 2 fully saturated rings. The van der Waals surface area contributed by atoms with E-state index in [1.54, 1.807) is 0 Å². The van der Waals surface area contributed by atoms with Crippen LogP contribution < -0.4 is 10.4 Å². The molecule has 0 radical (unpaired) electrons. The van der Waals surface area contributed by atoms with E-state index >= 15 is 0 Å². The van der Waals surface area contributed by atoms with Gasteiger partial charge >= 0.3 is 0 Å². The van der Waals surface area contributed by atoms with Gasteiger partial charge in [-0.25, -0.2) is 0 Å². The van der Waals surface area contributed by atoms with Crippen LogP contribution in [0.2, 0.25) is 41.3 Å². The summed E-state index contributed by atoms with van der Waals surface area (Å²) >= 11 is 0. The van der Waals surface area contributed by atoms with Crippen LogP contribution in [0.25, 0.3) is 0 Å². The number of epoxide rings is 2. The molecule has 0 N–H and O–H groups in total. The molecule has 49 heavy (non-hydrogen) atoms. The molecule has 0 spiro atoms. The van der Waals surface area contributed by atoms with Crippen molar-refractivity contribution in [2.45, 2.75) is 166 Å². The van der Waals surface area contributed by atoms with Gasteiger partial charge in [0.1, 0.15) is 18.3 Å². The first-order valence-electron chi connectivity index (χ1n) is 18.5. The van der Waals surface area contributed by atoms with Crippen LogP contribution >= 0.6 is 0 Å². The molecule has 0 aliphatic carbocycles. The molecule has 2 aromatic carbocycles. The second kappa shape index (κ2) is 14.6. The minimum Gasteiger partial charge on any atom is -0.414 e. The van der Waals surface area contributed by atoms with Crippen LogP contribution in [0.1, 0.15) is 88.5 Å². The number of hydrogen-bond donors (Lipinski definition) is 0. The quantitative estimate of drug-likeness (QED) is 0.0981. The smallest absolute Gasteiger partial charge is 0.261 e. The van der Waals surface area contributed by atoms with Gasteiger partial charge in [-0.2, -0.15) is 0 Å². The second-order valence-electron chi connectivity index (χ2n) is 18.9. The van der Waals surface area contributed by atoms with E-state index in [1.165, 1.54) is 10.4 Å². The number of benzene rings is 2. The molecule has 6 atom stereocenters. The summed E-state index contributed by atoms with van der Waals surface area (Å²) in [6.07, 6.45) is 4.53. The Labute approximate surface area is 302 Å². The lowest BCUT2D eigenvalue weighted by atomic mass is 9.95. The predicted molar refractivity (Wildman–Crippen MR) is 214 cm³/mol. The van der Waals surface area contributed by atoms with Crippen molar-refractivity contribution in [3.63, 3.8) is 0 Å². The minimum atomic E-state index is -2.65. The highest BCUT2D eigenvalue weighted by atomic mass is 28.4. The van der Waals surface area contributed by atoms with Gasteiger partial charge in [-0.1, -0.05) is 129 Å². The van der Waals surface area contributed by atoms with E-state index in [-0.39, 0.29) is 51.2 Å². The number of hydrogen-bond acceptors (Lipinski definition) is 5. The average Bonchev–Trinajstić information content (AvgIpc) is 3.89. The Hall–Kier alpha value is -1.37. The maximum Gasteiger partial charge on any atom is 0.261 e. The predicted octanol–water partition coefficient (Wildman–Crippen LogP) is 9.63. The van der Waals surface area contributed by atoms with Crippen molar-refractivity contribution in [3.05, 3.63) is 73.3 Å². The maximum absolute atomic E-state index is 7.35. The molecule has 0 saturated carbocycles. The van der Waals surface area contributed by atoms with Gasteiger partial charge in [-0.05, 0) is 71.4 Å². The molecule has 274 valence electrons. The Morgan fingerprint density at radius 3 is 1.71 bits per heavy atom. The third-order valence-corrected chi connectivity index (χ3v) is 26.0. The summed E-state index contributed by atoms with van der Waals surface area (Å²) in [5, 5.41) is 2.76. The molecular weight excluding hydrogens is 657 g/mol. The third kappa shape index (κ3) is 8.99. The lowest BCUT2D eigenvalue weighted by molar-refractivity contribution is 0.110. The van der Waals surface area contributed by atoms with Crippen molar-refractivity contribution >= 4 is 35.3 Å². The summed E-state index contributed by atoms with van der Waals surface area (Å²) in [6, 6.07) is 21.8. The molecule has 2 aromatic rings. The summed E-state index contributed by atoms with van der Waals surface area (Å²) in [5.74, 6) is 0. The molecule has 2 saturated heterocycles. The zero-order chi connectivity index (χ0) is 36.7. The SMILES string of the molecule is C=CC[C@H](O[Si](C)(C)C(C)(C)C)[C@@H]1O[C@H]1[C@@H]1O[C@@]1(C)C[C@@H](CCO[Si](c1ccccc1)(c1ccccc1)C(C)(C)C)O[Si](C)(C)C(C)(C)C. The molecule has 0 bridgehead atoms. The fraction of sp³-hybridized carbons (Fsp3) is 0.659. The Balaban J connectivity index is 1.54. The van der Waals surface area contributed by atoms with Gasteiger partial charge in [0, 0.05) is 13.0 Å². The van der Waals surface area contributed by atoms with E-state index in [1.807, 2.05) is 6.08 Å². The van der Waals surface area contributed by atoms with E-state index in [0.29, 0.717) is 6.61 Å². The first-order chi connectivity index (χ1) is 22.5. The molecular formula is C41H68O5Si3. The van der Waals surface area contributed by atoms with Crippen molar-refractivity contribution in [1.82, 2.24) is 0 Å². The average molecular weight is 725 g/mol. The highest BCUT2D eigenvalue weighted by molar-refractivity contribution is 6.99. The van der Waals surface area contributed by atoms with Gasteiger partial charge in [0.25, 0.3) is 8.32 Å². The fourth-order valence-corrected chi connectivity index (χ4v) is 14.1. The maximum atomic E-state index is 7.35. The van der Waals surface area contributed by atoms with E-state index in [4.69, 9.17) is 22.8 Å². The molecule has 2 heterocycles. The molecule has 4 rings (SSSR count). The van der Waals surface area contributed by atoms with Crippen LogP contribution in [0.5, 0.6) is 0 Å².